The van der Waals surface area contributed by atoms with Crippen molar-refractivity contribution in [2.45, 2.75) is 50.3 Å². The first-order chi connectivity index (χ1) is 21.5. The third-order valence-electron chi connectivity index (χ3n) is 7.36. The topological polar surface area (TPSA) is 225 Å². The zero-order valence-corrected chi connectivity index (χ0v) is 25.4. The largest absolute Gasteiger partial charge is 0.384 e. The number of nitrogens with zero attached hydrogens (tertiary/aromatic N) is 1. The minimum Gasteiger partial charge on any atom is -0.384 e. The summed E-state index contributed by atoms with van der Waals surface area (Å²) in [7, 11) is 0. The van der Waals surface area contributed by atoms with Crippen LogP contribution in [0.15, 0.2) is 89.9 Å². The number of hydrogen-bond donors (Lipinski definition) is 7. The molecule has 0 saturated carbocycles. The number of carbonyl (C=O) groups excluding carboxylic acids is 3. The van der Waals surface area contributed by atoms with E-state index >= 15 is 0 Å². The predicted octanol–water partition coefficient (Wildman–Crippen LogP) is 1.20. The number of rotatable bonds is 17. The highest BCUT2D eigenvalue weighted by Gasteiger charge is 2.38. The van der Waals surface area contributed by atoms with Gasteiger partial charge in [-0.05, 0) is 42.9 Å². The number of nitrogens with two attached hydrogens (primary N) is 4. The summed E-state index contributed by atoms with van der Waals surface area (Å²) in [5, 5.41) is 13.2. The second kappa shape index (κ2) is 16.6. The summed E-state index contributed by atoms with van der Waals surface area (Å²) in [6, 6.07) is 23.6. The maximum absolute atomic E-state index is 14.2. The van der Waals surface area contributed by atoms with E-state index in [-0.39, 0.29) is 44.4 Å². The van der Waals surface area contributed by atoms with Crippen LogP contribution in [-0.2, 0) is 37.6 Å². The Hall–Kier alpha value is -5.23. The summed E-state index contributed by atoms with van der Waals surface area (Å²) in [5.41, 5.74) is 23.8. The van der Waals surface area contributed by atoms with Crippen molar-refractivity contribution < 1.29 is 19.1 Å². The molecule has 12 nitrogen and oxygen atoms in total. The van der Waals surface area contributed by atoms with E-state index in [9.17, 15) is 14.4 Å². The fraction of sp³-hybridized carbons (Fsp3) is 0.303. The lowest BCUT2D eigenvalue weighted by molar-refractivity contribution is -0.135. The number of guanidine groups is 1. The molecule has 45 heavy (non-hydrogen) atoms. The van der Waals surface area contributed by atoms with E-state index in [4.69, 9.17) is 33.1 Å². The van der Waals surface area contributed by atoms with Crippen molar-refractivity contribution in [3.05, 3.63) is 107 Å². The Morgan fingerprint density at radius 1 is 0.844 bits per heavy atom. The van der Waals surface area contributed by atoms with Gasteiger partial charge in [-0.25, -0.2) is 0 Å². The van der Waals surface area contributed by atoms with Gasteiger partial charge in [0.05, 0.1) is 18.6 Å². The lowest BCUT2D eigenvalue weighted by Gasteiger charge is -2.32. The number of aliphatic imine (C=N–C) groups is 1. The summed E-state index contributed by atoms with van der Waals surface area (Å²) >= 11 is 0. The van der Waals surface area contributed by atoms with Crippen molar-refractivity contribution in [3.63, 3.8) is 0 Å². The summed E-state index contributed by atoms with van der Waals surface area (Å²) in [6.45, 7) is 2.10. The monoisotopic (exact) mass is 614 g/mol. The Labute approximate surface area is 263 Å². The number of nitrogen functional groups attached to an aromatic ring is 1. The maximum Gasteiger partial charge on any atom is 0.245 e. The average Bonchev–Trinajstić information content (AvgIpc) is 3.02. The predicted molar refractivity (Wildman–Crippen MR) is 174 cm³/mol. The molecule has 1 unspecified atom stereocenters. The third-order valence-corrected chi connectivity index (χ3v) is 7.36. The summed E-state index contributed by atoms with van der Waals surface area (Å²) in [6.07, 6.45) is 0.873. The van der Waals surface area contributed by atoms with Crippen LogP contribution in [0.2, 0.25) is 0 Å². The number of carbonyl (C=O) groups is 3. The van der Waals surface area contributed by atoms with Crippen LogP contribution in [-0.4, -0.2) is 54.8 Å². The maximum atomic E-state index is 14.2. The quantitative estimate of drug-likeness (QED) is 0.0667. The van der Waals surface area contributed by atoms with Crippen LogP contribution in [0.5, 0.6) is 0 Å². The molecule has 3 rings (SSSR count). The van der Waals surface area contributed by atoms with E-state index < -0.39 is 35.2 Å². The lowest BCUT2D eigenvalue weighted by atomic mass is 9.76. The van der Waals surface area contributed by atoms with Gasteiger partial charge in [0, 0.05) is 12.1 Å². The van der Waals surface area contributed by atoms with Gasteiger partial charge < -0.3 is 38.3 Å². The number of nitrogens with one attached hydrogen (secondary N) is 3. The highest BCUT2D eigenvalue weighted by molar-refractivity contribution is 5.96. The van der Waals surface area contributed by atoms with Gasteiger partial charge in [-0.2, -0.15) is 0 Å². The number of primary amides is 1. The third kappa shape index (κ3) is 10.5. The van der Waals surface area contributed by atoms with Crippen LogP contribution in [0, 0.1) is 5.41 Å². The van der Waals surface area contributed by atoms with Crippen LogP contribution in [0.25, 0.3) is 0 Å². The Morgan fingerprint density at radius 3 is 2.04 bits per heavy atom. The molecule has 0 aromatic heterocycles. The van der Waals surface area contributed by atoms with E-state index in [1.165, 1.54) is 0 Å². The number of hydrogen-bond acceptors (Lipinski definition) is 6. The molecule has 0 saturated heterocycles. The highest BCUT2D eigenvalue weighted by Crippen LogP contribution is 2.29. The Kier molecular flexibility index (Phi) is 12.6. The zero-order chi connectivity index (χ0) is 32.8. The van der Waals surface area contributed by atoms with Crippen LogP contribution < -0.4 is 33.6 Å². The summed E-state index contributed by atoms with van der Waals surface area (Å²) in [4.78, 5) is 43.8. The molecule has 0 heterocycles. The van der Waals surface area contributed by atoms with Crippen molar-refractivity contribution in [2.24, 2.45) is 27.9 Å². The molecule has 0 fully saturated rings. The number of amides is 3. The van der Waals surface area contributed by atoms with Crippen molar-refractivity contribution >= 4 is 29.5 Å². The molecule has 0 radical (unpaired) electrons. The summed E-state index contributed by atoms with van der Waals surface area (Å²) in [5.74, 6) is -1.91. The molecule has 0 spiro atoms. The minimum atomic E-state index is -1.15. The average molecular weight is 615 g/mol. The standard InChI is InChI=1S/C33H42N8O4/c1-33(25-11-6-3-7-12-25,19-22-14-16-24(17-15-22)28(34)35)31(44)41-27(21-45-20-23-9-4-2-5-10-23)30(43)40-26(29(36)42)13-8-18-39-32(37)38/h2-7,9-12,14-17,26-27H,8,13,18-21H2,1H3,(H3,34,35)(H2,36,42)(H,40,43)(H,41,44)(H4,37,38,39)/t26-,27-,33?/m0/s1. The van der Waals surface area contributed by atoms with Crippen molar-refractivity contribution in [3.8, 4) is 0 Å². The van der Waals surface area contributed by atoms with E-state index in [0.29, 0.717) is 12.0 Å². The zero-order valence-electron chi connectivity index (χ0n) is 25.4. The second-order valence-electron chi connectivity index (χ2n) is 10.9. The highest BCUT2D eigenvalue weighted by atomic mass is 16.5. The van der Waals surface area contributed by atoms with E-state index in [0.717, 1.165) is 16.7 Å². The van der Waals surface area contributed by atoms with Crippen LogP contribution in [0.4, 0.5) is 0 Å². The van der Waals surface area contributed by atoms with E-state index in [1.54, 1.807) is 19.1 Å². The van der Waals surface area contributed by atoms with Gasteiger partial charge >= 0.3 is 0 Å². The molecule has 3 aromatic carbocycles. The summed E-state index contributed by atoms with van der Waals surface area (Å²) < 4.78 is 5.87. The molecule has 0 aliphatic carbocycles. The molecule has 12 heteroatoms. The molecule has 3 atom stereocenters. The van der Waals surface area contributed by atoms with Gasteiger partial charge in [0.15, 0.2) is 5.96 Å². The molecule has 0 aliphatic rings. The lowest BCUT2D eigenvalue weighted by Crippen LogP contribution is -2.57. The van der Waals surface area contributed by atoms with Gasteiger partial charge in [0.25, 0.3) is 0 Å². The molecule has 11 N–H and O–H groups in total. The fourth-order valence-corrected chi connectivity index (χ4v) is 4.76. The van der Waals surface area contributed by atoms with Gasteiger partial charge in [-0.3, -0.25) is 24.8 Å². The van der Waals surface area contributed by atoms with Crippen LogP contribution >= 0.6 is 0 Å². The van der Waals surface area contributed by atoms with Gasteiger partial charge in [0.2, 0.25) is 17.7 Å². The SMILES string of the molecule is CC(Cc1ccc(C(=N)N)cc1)(C(=O)N[C@@H](COCc1ccccc1)C(=O)N[C@@H](CCCN=C(N)N)C(N)=O)c1ccccc1. The molecular weight excluding hydrogens is 572 g/mol. The van der Waals surface area contributed by atoms with Gasteiger partial charge in [-0.1, -0.05) is 84.9 Å². The van der Waals surface area contributed by atoms with Gasteiger partial charge in [0.1, 0.15) is 17.9 Å². The van der Waals surface area contributed by atoms with E-state index in [2.05, 4.69) is 15.6 Å². The van der Waals surface area contributed by atoms with Crippen LogP contribution in [0.3, 0.4) is 0 Å². The molecule has 0 aliphatic heterocycles. The van der Waals surface area contributed by atoms with Crippen molar-refractivity contribution in [2.75, 3.05) is 13.2 Å². The Morgan fingerprint density at radius 2 is 1.47 bits per heavy atom. The molecule has 238 valence electrons. The molecule has 3 aromatic rings. The minimum absolute atomic E-state index is 0.0556. The Balaban J connectivity index is 1.85. The fourth-order valence-electron chi connectivity index (χ4n) is 4.76. The molecule has 3 amide bonds. The first-order valence-corrected chi connectivity index (χ1v) is 14.6. The molecular formula is C33H42N8O4. The first-order valence-electron chi connectivity index (χ1n) is 14.6. The van der Waals surface area contributed by atoms with E-state index in [1.807, 2.05) is 72.8 Å². The number of ether oxygens (including phenoxy) is 1. The normalized spacial score (nSPS) is 13.4. The first kappa shape index (κ1) is 34.3. The smallest absolute Gasteiger partial charge is 0.245 e. The second-order valence-corrected chi connectivity index (χ2v) is 10.9. The van der Waals surface area contributed by atoms with Crippen molar-refractivity contribution in [1.29, 1.82) is 5.41 Å². The number of benzene rings is 3. The number of amidine groups is 1. The molecule has 0 bridgehead atoms. The van der Waals surface area contributed by atoms with Crippen LogP contribution in [0.1, 0.15) is 42.0 Å². The van der Waals surface area contributed by atoms with Gasteiger partial charge in [-0.15, -0.1) is 0 Å². The Bertz CT molecular complexity index is 1460. The van der Waals surface area contributed by atoms with Crippen molar-refractivity contribution in [1.82, 2.24) is 10.6 Å².